The number of benzene rings is 1. The molecule has 0 aliphatic carbocycles. The average Bonchev–Trinajstić information content (AvgIpc) is 2.30. The van der Waals surface area contributed by atoms with Crippen LogP contribution in [-0.2, 0) is 0 Å². The predicted octanol–water partition coefficient (Wildman–Crippen LogP) is 1.33. The minimum atomic E-state index is -0.114. The molecule has 0 saturated carbocycles. The Kier molecular flexibility index (Phi) is 1.51. The van der Waals surface area contributed by atoms with Crippen molar-refractivity contribution in [2.24, 2.45) is 0 Å². The van der Waals surface area contributed by atoms with Crippen molar-refractivity contribution in [3.05, 3.63) is 24.1 Å². The van der Waals surface area contributed by atoms with E-state index in [4.69, 9.17) is 10.2 Å². The fourth-order valence-corrected chi connectivity index (χ4v) is 1.53. The molecule has 0 unspecified atom stereocenters. The lowest BCUT2D eigenvalue weighted by Crippen LogP contribution is -2.03. The Labute approximate surface area is 75.4 Å². The van der Waals surface area contributed by atoms with Crippen LogP contribution in [0.1, 0.15) is 5.56 Å². The standard InChI is InChI=1S/C8H8NO2S/c10-6-1-4-2-8(12)9-5(4)3-7(6)11/h1-3,8-12H/q-1/t8-/m1/s1. The van der Waals surface area contributed by atoms with E-state index in [1.165, 1.54) is 12.1 Å². The molecule has 64 valence electrons. The van der Waals surface area contributed by atoms with E-state index in [0.29, 0.717) is 0 Å². The molecule has 0 fully saturated rings. The molecule has 1 aliphatic heterocycles. The molecule has 3 N–H and O–H groups in total. The van der Waals surface area contributed by atoms with Gasteiger partial charge in [0, 0.05) is 5.37 Å². The Morgan fingerprint density at radius 3 is 2.75 bits per heavy atom. The molecule has 1 heterocycles. The number of hydrogen-bond donors (Lipinski definition) is 4. The molecule has 2 rings (SSSR count). The minimum absolute atomic E-state index is 0.0406. The Balaban J connectivity index is 2.48. The number of thiol groups is 1. The van der Waals surface area contributed by atoms with Crippen molar-refractivity contribution < 1.29 is 10.2 Å². The minimum Gasteiger partial charge on any atom is -0.517 e. The molecule has 4 heteroatoms. The van der Waals surface area contributed by atoms with Gasteiger partial charge in [0.25, 0.3) is 0 Å². The number of anilines is 1. The third-order valence-corrected chi connectivity index (χ3v) is 2.07. The van der Waals surface area contributed by atoms with Crippen LogP contribution in [0, 0.1) is 6.42 Å². The lowest BCUT2D eigenvalue weighted by atomic mass is 10.1. The molecule has 3 nitrogen and oxygen atoms in total. The maximum atomic E-state index is 9.15. The molecule has 0 radical (unpaired) electrons. The molecule has 1 aromatic rings. The molecule has 0 spiro atoms. The van der Waals surface area contributed by atoms with Gasteiger partial charge in [-0.25, -0.2) is 0 Å². The van der Waals surface area contributed by atoms with E-state index < -0.39 is 0 Å². The average molecular weight is 182 g/mol. The highest BCUT2D eigenvalue weighted by atomic mass is 32.1. The van der Waals surface area contributed by atoms with E-state index >= 15 is 0 Å². The number of phenolic OH excluding ortho intramolecular Hbond substituents is 2. The van der Waals surface area contributed by atoms with Gasteiger partial charge in [0.05, 0.1) is 0 Å². The summed E-state index contributed by atoms with van der Waals surface area (Å²) >= 11 is 4.18. The molecular formula is C8H8NO2S-. The van der Waals surface area contributed by atoms with Crippen molar-refractivity contribution in [2.75, 3.05) is 5.32 Å². The Hall–Kier alpha value is -1.16. The van der Waals surface area contributed by atoms with Crippen LogP contribution in [0.15, 0.2) is 12.1 Å². The molecule has 0 aromatic heterocycles. The van der Waals surface area contributed by atoms with E-state index in [1.807, 2.05) is 6.42 Å². The Morgan fingerprint density at radius 2 is 2.00 bits per heavy atom. The zero-order valence-corrected chi connectivity index (χ0v) is 7.05. The van der Waals surface area contributed by atoms with E-state index in [-0.39, 0.29) is 16.9 Å². The van der Waals surface area contributed by atoms with Crippen molar-refractivity contribution in [1.29, 1.82) is 0 Å². The molecule has 12 heavy (non-hydrogen) atoms. The fourth-order valence-electron chi connectivity index (χ4n) is 1.23. The Morgan fingerprint density at radius 1 is 1.33 bits per heavy atom. The van der Waals surface area contributed by atoms with Crippen LogP contribution in [0.25, 0.3) is 0 Å². The van der Waals surface area contributed by atoms with E-state index in [1.54, 1.807) is 0 Å². The zero-order chi connectivity index (χ0) is 8.72. The topological polar surface area (TPSA) is 52.5 Å². The third-order valence-electron chi connectivity index (χ3n) is 1.79. The van der Waals surface area contributed by atoms with Gasteiger partial charge in [-0.2, -0.15) is 24.6 Å². The van der Waals surface area contributed by atoms with Gasteiger partial charge >= 0.3 is 0 Å². The first-order valence-electron chi connectivity index (χ1n) is 3.52. The van der Waals surface area contributed by atoms with Crippen LogP contribution in [0.4, 0.5) is 5.69 Å². The lowest BCUT2D eigenvalue weighted by molar-refractivity contribution is 0.404. The van der Waals surface area contributed by atoms with Crippen LogP contribution in [-0.4, -0.2) is 15.6 Å². The Bertz CT molecular complexity index is 296. The van der Waals surface area contributed by atoms with Crippen molar-refractivity contribution in [3.8, 4) is 11.5 Å². The van der Waals surface area contributed by atoms with Crippen LogP contribution in [0.3, 0.4) is 0 Å². The van der Waals surface area contributed by atoms with Crippen molar-refractivity contribution in [3.63, 3.8) is 0 Å². The summed E-state index contributed by atoms with van der Waals surface area (Å²) in [7, 11) is 0. The van der Waals surface area contributed by atoms with Crippen LogP contribution in [0.2, 0.25) is 0 Å². The monoisotopic (exact) mass is 182 g/mol. The van der Waals surface area contributed by atoms with E-state index in [2.05, 4.69) is 17.9 Å². The SMILES string of the molecule is Oc1cc2c(cc1O)N[C@H](S)[CH-]2. The predicted molar refractivity (Wildman–Crippen MR) is 49.6 cm³/mol. The summed E-state index contributed by atoms with van der Waals surface area (Å²) in [4.78, 5) is 0. The van der Waals surface area contributed by atoms with Crippen molar-refractivity contribution >= 4 is 18.3 Å². The highest BCUT2D eigenvalue weighted by molar-refractivity contribution is 7.81. The number of hydrogen-bond acceptors (Lipinski definition) is 4. The first-order valence-corrected chi connectivity index (χ1v) is 4.04. The summed E-state index contributed by atoms with van der Waals surface area (Å²) in [6.07, 6.45) is 1.86. The van der Waals surface area contributed by atoms with Gasteiger partial charge < -0.3 is 15.5 Å². The summed E-state index contributed by atoms with van der Waals surface area (Å²) in [6, 6.07) is 2.99. The lowest BCUT2D eigenvalue weighted by Gasteiger charge is -2.09. The summed E-state index contributed by atoms with van der Waals surface area (Å²) in [5.74, 6) is -0.216. The van der Waals surface area contributed by atoms with Gasteiger partial charge in [0.1, 0.15) is 11.5 Å². The maximum absolute atomic E-state index is 9.15. The number of nitrogens with one attached hydrogen (secondary N) is 1. The molecular weight excluding hydrogens is 174 g/mol. The van der Waals surface area contributed by atoms with E-state index in [9.17, 15) is 0 Å². The number of aromatic hydroxyl groups is 2. The largest absolute Gasteiger partial charge is 0.517 e. The maximum Gasteiger partial charge on any atom is 0.134 e. The van der Waals surface area contributed by atoms with Gasteiger partial charge in [0.15, 0.2) is 0 Å². The molecule has 0 amide bonds. The second-order valence-electron chi connectivity index (χ2n) is 2.68. The van der Waals surface area contributed by atoms with Gasteiger partial charge in [-0.05, 0) is 0 Å². The van der Waals surface area contributed by atoms with Gasteiger partial charge in [-0.3, -0.25) is 0 Å². The number of rotatable bonds is 0. The summed E-state index contributed by atoms with van der Waals surface area (Å²) < 4.78 is 0. The van der Waals surface area contributed by atoms with Gasteiger partial charge in [-0.1, -0.05) is 11.8 Å². The third kappa shape index (κ3) is 1.04. The first-order chi connectivity index (χ1) is 5.66. The van der Waals surface area contributed by atoms with Crippen LogP contribution >= 0.6 is 12.6 Å². The van der Waals surface area contributed by atoms with E-state index in [0.717, 1.165) is 11.3 Å². The van der Waals surface area contributed by atoms with Crippen LogP contribution in [0.5, 0.6) is 11.5 Å². The molecule has 1 aromatic carbocycles. The number of fused-ring (bicyclic) bond motifs is 1. The second kappa shape index (κ2) is 2.42. The van der Waals surface area contributed by atoms with Crippen molar-refractivity contribution in [2.45, 2.75) is 5.37 Å². The van der Waals surface area contributed by atoms with Crippen LogP contribution < -0.4 is 5.32 Å². The normalized spacial score (nSPS) is 19.6. The highest BCUT2D eigenvalue weighted by Gasteiger charge is 2.10. The number of phenols is 2. The molecule has 1 aliphatic rings. The molecule has 0 bridgehead atoms. The summed E-state index contributed by atoms with van der Waals surface area (Å²) in [6.45, 7) is 0. The smallest absolute Gasteiger partial charge is 0.134 e. The molecule has 0 saturated heterocycles. The quantitative estimate of drug-likeness (QED) is 0.212. The summed E-state index contributed by atoms with van der Waals surface area (Å²) in [5.41, 5.74) is 1.66. The zero-order valence-electron chi connectivity index (χ0n) is 6.15. The molecule has 1 atom stereocenters. The first kappa shape index (κ1) is 7.49. The summed E-state index contributed by atoms with van der Waals surface area (Å²) in [5, 5.41) is 21.3. The highest BCUT2D eigenvalue weighted by Crippen LogP contribution is 2.37. The van der Waals surface area contributed by atoms with Gasteiger partial charge in [0.2, 0.25) is 0 Å². The second-order valence-corrected chi connectivity index (χ2v) is 3.24. The fraction of sp³-hybridized carbons (Fsp3) is 0.125. The van der Waals surface area contributed by atoms with Gasteiger partial charge in [-0.15, -0.1) is 6.07 Å². The van der Waals surface area contributed by atoms with Crippen molar-refractivity contribution in [1.82, 2.24) is 0 Å².